The Hall–Kier alpha value is -5.03. The number of likely N-dealkylation sites (tertiary alicyclic amines) is 1. The van der Waals surface area contributed by atoms with E-state index in [1.165, 1.54) is 0 Å². The summed E-state index contributed by atoms with van der Waals surface area (Å²) in [7, 11) is 0. The first-order valence-electron chi connectivity index (χ1n) is 13.8. The molecule has 4 aromatic rings. The fourth-order valence-corrected chi connectivity index (χ4v) is 5.75. The normalized spacial score (nSPS) is 15.8. The van der Waals surface area contributed by atoms with E-state index >= 15 is 0 Å². The number of fused-ring (bicyclic) bond motifs is 3. The maximum Gasteiger partial charge on any atom is 0.414 e. The lowest BCUT2D eigenvalue weighted by Crippen LogP contribution is -2.60. The molecule has 0 saturated carbocycles. The Kier molecular flexibility index (Phi) is 7.41. The molecule has 0 spiro atoms. The third-order valence-electron chi connectivity index (χ3n) is 7.98. The van der Waals surface area contributed by atoms with E-state index in [4.69, 9.17) is 4.74 Å². The predicted molar refractivity (Wildman–Crippen MR) is 154 cm³/mol. The van der Waals surface area contributed by atoms with Crippen molar-refractivity contribution in [3.8, 4) is 11.1 Å². The summed E-state index contributed by atoms with van der Waals surface area (Å²) in [5, 5.41) is 21.4. The van der Waals surface area contributed by atoms with Crippen LogP contribution in [0.25, 0.3) is 11.1 Å². The molecule has 4 N–H and O–H groups in total. The molecule has 0 radical (unpaired) electrons. The SMILES string of the molecule is O=C(Nc1n[nH]c(C(=O)NC2(C(=O)O)CCN(Cc3ccccc3)CC2)n1)OCC1c2ccccc2-c2ccccc21. The molecule has 1 fully saturated rings. The Balaban J connectivity index is 1.04. The van der Waals surface area contributed by atoms with E-state index in [-0.39, 0.29) is 37.1 Å². The molecule has 0 bridgehead atoms. The van der Waals surface area contributed by atoms with E-state index in [0.29, 0.717) is 19.6 Å². The first kappa shape index (κ1) is 27.2. The molecular weight excluding hydrogens is 536 g/mol. The summed E-state index contributed by atoms with van der Waals surface area (Å²) in [6.45, 7) is 1.83. The van der Waals surface area contributed by atoms with Gasteiger partial charge in [0.1, 0.15) is 12.1 Å². The van der Waals surface area contributed by atoms with Gasteiger partial charge in [-0.3, -0.25) is 20.1 Å². The largest absolute Gasteiger partial charge is 0.480 e. The number of ether oxygens (including phenoxy) is 1. The molecule has 2 aliphatic rings. The molecule has 2 heterocycles. The van der Waals surface area contributed by atoms with E-state index < -0.39 is 23.5 Å². The Morgan fingerprint density at radius 1 is 0.929 bits per heavy atom. The standard InChI is InChI=1S/C31H30N6O5/c38-27(34-31(28(39)40)14-16-37(17-15-31)18-20-8-2-1-3-9-20)26-32-29(36-35-26)33-30(41)42-19-25-23-12-6-4-10-21(23)22-11-5-7-13-24(22)25/h1-13,25H,14-19H2,(H,34,38)(H,39,40)(H2,32,33,35,36,41). The molecule has 1 aliphatic heterocycles. The third kappa shape index (κ3) is 5.46. The first-order chi connectivity index (χ1) is 20.4. The molecule has 6 rings (SSSR count). The second-order valence-electron chi connectivity index (χ2n) is 10.6. The van der Waals surface area contributed by atoms with Gasteiger partial charge in [0.2, 0.25) is 5.82 Å². The number of piperidine rings is 1. The van der Waals surface area contributed by atoms with Crippen molar-refractivity contribution in [3.63, 3.8) is 0 Å². The summed E-state index contributed by atoms with van der Waals surface area (Å²) in [6.07, 6.45) is -0.296. The lowest BCUT2D eigenvalue weighted by molar-refractivity contribution is -0.146. The third-order valence-corrected chi connectivity index (χ3v) is 7.98. The van der Waals surface area contributed by atoms with Gasteiger partial charge in [-0.05, 0) is 40.7 Å². The average Bonchev–Trinajstić information content (AvgIpc) is 3.60. The number of aromatic nitrogens is 3. The number of carboxylic acids is 1. The van der Waals surface area contributed by atoms with Crippen LogP contribution in [0.15, 0.2) is 78.9 Å². The van der Waals surface area contributed by atoms with Crippen molar-refractivity contribution in [1.29, 1.82) is 0 Å². The minimum atomic E-state index is -1.43. The van der Waals surface area contributed by atoms with Gasteiger partial charge in [-0.1, -0.05) is 78.9 Å². The van der Waals surface area contributed by atoms with E-state index in [9.17, 15) is 19.5 Å². The minimum absolute atomic E-state index is 0.108. The van der Waals surface area contributed by atoms with Crippen molar-refractivity contribution in [2.24, 2.45) is 0 Å². The molecule has 11 heteroatoms. The first-order valence-corrected chi connectivity index (χ1v) is 13.8. The van der Waals surface area contributed by atoms with Gasteiger partial charge in [0.25, 0.3) is 11.9 Å². The van der Waals surface area contributed by atoms with Crippen LogP contribution in [0, 0.1) is 0 Å². The maximum absolute atomic E-state index is 13.0. The number of carboxylic acid groups (broad SMARTS) is 1. The van der Waals surface area contributed by atoms with Crippen LogP contribution in [-0.2, 0) is 16.1 Å². The van der Waals surface area contributed by atoms with Crippen LogP contribution in [0.1, 0.15) is 46.1 Å². The maximum atomic E-state index is 13.0. The van der Waals surface area contributed by atoms with Crippen molar-refractivity contribution in [3.05, 3.63) is 101 Å². The second kappa shape index (κ2) is 11.5. The quantitative estimate of drug-likeness (QED) is 0.250. The van der Waals surface area contributed by atoms with Crippen LogP contribution in [0.2, 0.25) is 0 Å². The van der Waals surface area contributed by atoms with Gasteiger partial charge in [0.15, 0.2) is 0 Å². The van der Waals surface area contributed by atoms with Crippen LogP contribution in [0.5, 0.6) is 0 Å². The molecule has 42 heavy (non-hydrogen) atoms. The molecule has 1 saturated heterocycles. The van der Waals surface area contributed by atoms with Crippen molar-refractivity contribution < 1.29 is 24.2 Å². The van der Waals surface area contributed by atoms with Crippen LogP contribution in [-0.4, -0.2) is 68.4 Å². The second-order valence-corrected chi connectivity index (χ2v) is 10.6. The molecular formula is C31H30N6O5. The van der Waals surface area contributed by atoms with Gasteiger partial charge in [0, 0.05) is 25.6 Å². The van der Waals surface area contributed by atoms with Crippen LogP contribution < -0.4 is 10.6 Å². The van der Waals surface area contributed by atoms with Gasteiger partial charge in [0.05, 0.1) is 0 Å². The topological polar surface area (TPSA) is 150 Å². The number of aliphatic carboxylic acids is 1. The molecule has 1 aliphatic carbocycles. The number of rotatable bonds is 8. The number of benzene rings is 3. The van der Waals surface area contributed by atoms with E-state index in [0.717, 1.165) is 27.8 Å². The van der Waals surface area contributed by atoms with Crippen LogP contribution >= 0.6 is 0 Å². The molecule has 1 aromatic heterocycles. The van der Waals surface area contributed by atoms with Crippen molar-refractivity contribution >= 4 is 23.9 Å². The lowest BCUT2D eigenvalue weighted by atomic mass is 9.87. The van der Waals surface area contributed by atoms with E-state index in [2.05, 4.69) is 42.8 Å². The highest BCUT2D eigenvalue weighted by Gasteiger charge is 2.43. The number of carbonyl (C=O) groups is 3. The number of nitrogens with one attached hydrogen (secondary N) is 3. The van der Waals surface area contributed by atoms with Gasteiger partial charge in [-0.2, -0.15) is 4.98 Å². The summed E-state index contributed by atoms with van der Waals surface area (Å²) in [6, 6.07) is 26.0. The smallest absolute Gasteiger partial charge is 0.414 e. The van der Waals surface area contributed by atoms with Crippen LogP contribution in [0.3, 0.4) is 0 Å². The fourth-order valence-electron chi connectivity index (χ4n) is 5.75. The van der Waals surface area contributed by atoms with Gasteiger partial charge >= 0.3 is 12.1 Å². The summed E-state index contributed by atoms with van der Waals surface area (Å²) in [4.78, 5) is 44.0. The highest BCUT2D eigenvalue weighted by Crippen LogP contribution is 2.44. The minimum Gasteiger partial charge on any atom is -0.480 e. The van der Waals surface area contributed by atoms with Gasteiger partial charge < -0.3 is 15.2 Å². The number of hydrogen-bond donors (Lipinski definition) is 4. The zero-order chi connectivity index (χ0) is 29.1. The summed E-state index contributed by atoms with van der Waals surface area (Å²) < 4.78 is 5.51. The Morgan fingerprint density at radius 3 is 2.19 bits per heavy atom. The number of anilines is 1. The van der Waals surface area contributed by atoms with E-state index in [1.54, 1.807) is 0 Å². The monoisotopic (exact) mass is 566 g/mol. The van der Waals surface area contributed by atoms with Crippen molar-refractivity contribution in [1.82, 2.24) is 25.4 Å². The van der Waals surface area contributed by atoms with Crippen molar-refractivity contribution in [2.75, 3.05) is 25.0 Å². The summed E-state index contributed by atoms with van der Waals surface area (Å²) >= 11 is 0. The Labute approximate surface area is 241 Å². The molecule has 0 unspecified atom stereocenters. The van der Waals surface area contributed by atoms with E-state index in [1.807, 2.05) is 66.7 Å². The number of carbonyl (C=O) groups excluding carboxylic acids is 2. The van der Waals surface area contributed by atoms with Gasteiger partial charge in [-0.25, -0.2) is 9.59 Å². The number of amides is 2. The molecule has 0 atom stereocenters. The average molecular weight is 567 g/mol. The van der Waals surface area contributed by atoms with Crippen LogP contribution in [0.4, 0.5) is 10.7 Å². The summed E-state index contributed by atoms with van der Waals surface area (Å²) in [5.41, 5.74) is 4.11. The molecule has 2 amide bonds. The van der Waals surface area contributed by atoms with Gasteiger partial charge in [-0.15, -0.1) is 5.10 Å². The molecule has 11 nitrogen and oxygen atoms in total. The zero-order valence-electron chi connectivity index (χ0n) is 22.7. The Bertz CT molecular complexity index is 1570. The number of aromatic amines is 1. The van der Waals surface area contributed by atoms with Crippen molar-refractivity contribution in [2.45, 2.75) is 30.8 Å². The zero-order valence-corrected chi connectivity index (χ0v) is 22.7. The molecule has 214 valence electrons. The summed E-state index contributed by atoms with van der Waals surface area (Å²) in [5.74, 6) is -2.30. The fraction of sp³-hybridized carbons (Fsp3) is 0.258. The molecule has 3 aromatic carbocycles. The highest BCUT2D eigenvalue weighted by molar-refractivity contribution is 5.95. The number of nitrogens with zero attached hydrogens (tertiary/aromatic N) is 3. The predicted octanol–water partition coefficient (Wildman–Crippen LogP) is 4.01. The lowest BCUT2D eigenvalue weighted by Gasteiger charge is -2.39. The Morgan fingerprint density at radius 2 is 1.55 bits per heavy atom. The number of H-pyrrole nitrogens is 1. The highest BCUT2D eigenvalue weighted by atomic mass is 16.5. The number of hydrogen-bond acceptors (Lipinski definition) is 7.